The molecular weight excluding hydrogens is 429 g/mol. The van der Waals surface area contributed by atoms with Gasteiger partial charge in [0.25, 0.3) is 5.56 Å². The number of aryl methyl sites for hydroxylation is 1. The molecule has 0 unspecified atom stereocenters. The van der Waals surface area contributed by atoms with Crippen LogP contribution in [0.25, 0.3) is 10.9 Å². The lowest BCUT2D eigenvalue weighted by atomic mass is 10.2. The van der Waals surface area contributed by atoms with Gasteiger partial charge in [-0.1, -0.05) is 5.16 Å². The predicted molar refractivity (Wildman–Crippen MR) is 107 cm³/mol. The highest BCUT2D eigenvalue weighted by molar-refractivity contribution is 7.89. The Hall–Kier alpha value is -3.30. The number of aromatic nitrogens is 3. The topological polar surface area (TPSA) is 140 Å². The van der Waals surface area contributed by atoms with Crippen LogP contribution in [0.15, 0.2) is 43.3 Å². The number of nitriles is 1. The van der Waals surface area contributed by atoms with Crippen molar-refractivity contribution < 1.29 is 17.3 Å². The van der Waals surface area contributed by atoms with Gasteiger partial charge in [-0.15, -0.1) is 0 Å². The van der Waals surface area contributed by atoms with Crippen molar-refractivity contribution in [2.45, 2.75) is 43.3 Å². The fraction of sp³-hybridized carbons (Fsp3) is 0.368. The Morgan fingerprint density at radius 3 is 2.61 bits per heavy atom. The molecule has 1 N–H and O–H groups in total. The van der Waals surface area contributed by atoms with Gasteiger partial charge in [0.1, 0.15) is 13.2 Å². The number of rotatable bonds is 7. The maximum Gasteiger partial charge on any atom is 0.332 e. The Balaban J connectivity index is 1.89. The van der Waals surface area contributed by atoms with Gasteiger partial charge < -0.3 is 4.52 Å². The van der Waals surface area contributed by atoms with Gasteiger partial charge in [-0.25, -0.2) is 22.3 Å². The van der Waals surface area contributed by atoms with E-state index < -0.39 is 33.5 Å². The summed E-state index contributed by atoms with van der Waals surface area (Å²) in [5, 5.41) is 12.8. The molecule has 0 atom stereocenters. The van der Waals surface area contributed by atoms with Crippen LogP contribution in [0.5, 0.6) is 0 Å². The second kappa shape index (κ2) is 7.44. The maximum absolute atomic E-state index is 13.2. The number of nitrogens with one attached hydrogen (secondary N) is 1. The molecule has 1 aliphatic rings. The van der Waals surface area contributed by atoms with E-state index in [0.29, 0.717) is 18.5 Å². The second-order valence-corrected chi connectivity index (χ2v) is 9.23. The summed E-state index contributed by atoms with van der Waals surface area (Å²) in [5.41, 5.74) is -1.91. The van der Waals surface area contributed by atoms with Crippen LogP contribution in [-0.2, 0) is 23.1 Å². The zero-order valence-corrected chi connectivity index (χ0v) is 17.3. The molecule has 0 saturated heterocycles. The van der Waals surface area contributed by atoms with Crippen LogP contribution in [-0.4, -0.2) is 34.9 Å². The van der Waals surface area contributed by atoms with Crippen molar-refractivity contribution in [1.29, 1.82) is 5.26 Å². The monoisotopic (exact) mass is 447 g/mol. The van der Waals surface area contributed by atoms with Crippen LogP contribution in [0, 0.1) is 18.3 Å². The van der Waals surface area contributed by atoms with E-state index in [1.807, 2.05) is 6.07 Å². The van der Waals surface area contributed by atoms with E-state index in [1.54, 1.807) is 13.0 Å². The highest BCUT2D eigenvalue weighted by atomic mass is 32.2. The van der Waals surface area contributed by atoms with Gasteiger partial charge in [0.05, 0.1) is 39.6 Å². The first-order valence-electron chi connectivity index (χ1n) is 9.36. The number of benzene rings is 1. The first-order valence-corrected chi connectivity index (χ1v) is 10.8. The molecule has 31 heavy (non-hydrogen) atoms. The van der Waals surface area contributed by atoms with Gasteiger partial charge in [0.15, 0.2) is 5.76 Å². The minimum atomic E-state index is -4.10. The molecule has 0 amide bonds. The lowest BCUT2D eigenvalue weighted by molar-refractivity contribution is 0.369. The van der Waals surface area contributed by atoms with Gasteiger partial charge >= 0.3 is 5.69 Å². The highest BCUT2D eigenvalue weighted by Gasteiger charge is 2.46. The SMILES string of the molecule is Cc1cc(Cn2c(=O)c3cc(S(=O)(=O)NC4(CF)CC4)ccc3n(CC#N)c2=O)on1. The first kappa shape index (κ1) is 21.0. The third kappa shape index (κ3) is 3.77. The average molecular weight is 447 g/mol. The molecule has 10 nitrogen and oxygen atoms in total. The number of sulfonamides is 1. The van der Waals surface area contributed by atoms with Crippen LogP contribution in [0.2, 0.25) is 0 Å². The maximum atomic E-state index is 13.2. The first-order chi connectivity index (χ1) is 14.7. The zero-order valence-electron chi connectivity index (χ0n) is 16.5. The quantitative estimate of drug-likeness (QED) is 0.565. The lowest BCUT2D eigenvalue weighted by Crippen LogP contribution is -2.41. The van der Waals surface area contributed by atoms with E-state index in [4.69, 9.17) is 9.78 Å². The molecule has 1 aliphatic carbocycles. The molecule has 0 radical (unpaired) electrons. The van der Waals surface area contributed by atoms with Crippen molar-refractivity contribution in [2.24, 2.45) is 0 Å². The molecule has 1 saturated carbocycles. The molecule has 0 spiro atoms. The molecule has 4 rings (SSSR count). The Kier molecular flexibility index (Phi) is 5.03. The van der Waals surface area contributed by atoms with Crippen LogP contribution in [0.1, 0.15) is 24.3 Å². The summed E-state index contributed by atoms with van der Waals surface area (Å²) in [7, 11) is -4.10. The molecule has 1 fully saturated rings. The summed E-state index contributed by atoms with van der Waals surface area (Å²) in [6.07, 6.45) is 0.781. The summed E-state index contributed by atoms with van der Waals surface area (Å²) in [6.45, 7) is 0.268. The zero-order chi connectivity index (χ0) is 22.4. The van der Waals surface area contributed by atoms with Crippen LogP contribution >= 0.6 is 0 Å². The lowest BCUT2D eigenvalue weighted by Gasteiger charge is -2.15. The van der Waals surface area contributed by atoms with Gasteiger partial charge in [0, 0.05) is 6.07 Å². The molecular formula is C19H18FN5O5S. The van der Waals surface area contributed by atoms with Crippen molar-refractivity contribution in [1.82, 2.24) is 19.0 Å². The van der Waals surface area contributed by atoms with E-state index in [9.17, 15) is 22.4 Å². The summed E-state index contributed by atoms with van der Waals surface area (Å²) >= 11 is 0. The smallest absolute Gasteiger partial charge is 0.332 e. The molecule has 3 aromatic rings. The number of halogens is 1. The third-order valence-corrected chi connectivity index (χ3v) is 6.76. The number of hydrogen-bond acceptors (Lipinski definition) is 7. The van der Waals surface area contributed by atoms with Gasteiger partial charge in [-0.05, 0) is 38.0 Å². The average Bonchev–Trinajstić information content (AvgIpc) is 3.38. The van der Waals surface area contributed by atoms with Gasteiger partial charge in [0.2, 0.25) is 10.0 Å². The fourth-order valence-electron chi connectivity index (χ4n) is 3.34. The van der Waals surface area contributed by atoms with Crippen LogP contribution in [0.4, 0.5) is 4.39 Å². The normalized spacial score (nSPS) is 15.1. The van der Waals surface area contributed by atoms with Crippen LogP contribution < -0.4 is 16.0 Å². The number of alkyl halides is 1. The summed E-state index contributed by atoms with van der Waals surface area (Å²) in [5.74, 6) is 0.253. The fourth-order valence-corrected chi connectivity index (χ4v) is 4.80. The van der Waals surface area contributed by atoms with Crippen molar-refractivity contribution >= 4 is 20.9 Å². The van der Waals surface area contributed by atoms with Crippen molar-refractivity contribution in [2.75, 3.05) is 6.67 Å². The summed E-state index contributed by atoms with van der Waals surface area (Å²) < 4.78 is 48.0. The Bertz CT molecular complexity index is 1440. The molecule has 2 aromatic heterocycles. The molecule has 0 bridgehead atoms. The Morgan fingerprint density at radius 1 is 1.29 bits per heavy atom. The number of fused-ring (bicyclic) bond motifs is 1. The highest BCUT2D eigenvalue weighted by Crippen LogP contribution is 2.37. The molecule has 162 valence electrons. The standard InChI is InChI=1S/C19H18FN5O5S/c1-12-8-13(30-22-12)10-25-17(26)15-9-14(31(28,29)23-19(11-20)4-5-19)2-3-16(15)24(7-6-21)18(25)27/h2-3,8-9,23H,4-5,7,10-11H2,1H3. The third-order valence-electron chi connectivity index (χ3n) is 5.19. The van der Waals surface area contributed by atoms with Gasteiger partial charge in [-0.2, -0.15) is 5.26 Å². The van der Waals surface area contributed by atoms with Crippen molar-refractivity contribution in [3.63, 3.8) is 0 Å². The van der Waals surface area contributed by atoms with Crippen molar-refractivity contribution in [3.05, 3.63) is 56.6 Å². The van der Waals surface area contributed by atoms with E-state index in [-0.39, 0.29) is 34.6 Å². The minimum absolute atomic E-state index is 0.0703. The summed E-state index contributed by atoms with van der Waals surface area (Å²) in [4.78, 5) is 25.7. The van der Waals surface area contributed by atoms with E-state index in [1.165, 1.54) is 12.1 Å². The Morgan fingerprint density at radius 2 is 2.03 bits per heavy atom. The Labute approximate surface area is 175 Å². The molecule has 2 heterocycles. The molecule has 12 heteroatoms. The van der Waals surface area contributed by atoms with E-state index in [0.717, 1.165) is 15.2 Å². The molecule has 0 aliphatic heterocycles. The number of hydrogen-bond donors (Lipinski definition) is 1. The van der Waals surface area contributed by atoms with E-state index >= 15 is 0 Å². The summed E-state index contributed by atoms with van der Waals surface area (Å²) in [6, 6.07) is 7.06. The van der Waals surface area contributed by atoms with Crippen molar-refractivity contribution in [3.8, 4) is 6.07 Å². The second-order valence-electron chi connectivity index (χ2n) is 7.55. The van der Waals surface area contributed by atoms with Crippen LogP contribution in [0.3, 0.4) is 0 Å². The van der Waals surface area contributed by atoms with E-state index in [2.05, 4.69) is 9.88 Å². The number of nitrogens with zero attached hydrogens (tertiary/aromatic N) is 4. The minimum Gasteiger partial charge on any atom is -0.359 e. The van der Waals surface area contributed by atoms with Gasteiger partial charge in [-0.3, -0.25) is 13.9 Å². The molecule has 1 aromatic carbocycles. The largest absolute Gasteiger partial charge is 0.359 e. The predicted octanol–water partition coefficient (Wildman–Crippen LogP) is 0.812.